The first-order chi connectivity index (χ1) is 5.76. The van der Waals surface area contributed by atoms with E-state index in [4.69, 9.17) is 11.6 Å². The minimum Gasteiger partial charge on any atom is -0.0876 e. The van der Waals surface area contributed by atoms with E-state index in [9.17, 15) is 0 Å². The van der Waals surface area contributed by atoms with Crippen LogP contribution in [0, 0.1) is 0 Å². The summed E-state index contributed by atoms with van der Waals surface area (Å²) >= 11 is 9.30. The van der Waals surface area contributed by atoms with Crippen LogP contribution in [-0.2, 0) is 5.33 Å². The maximum atomic E-state index is 5.91. The van der Waals surface area contributed by atoms with Gasteiger partial charge in [0, 0.05) is 10.4 Å². The van der Waals surface area contributed by atoms with Crippen molar-refractivity contribution in [1.29, 1.82) is 0 Å². The van der Waals surface area contributed by atoms with Crippen molar-refractivity contribution in [3.05, 3.63) is 40.4 Å². The van der Waals surface area contributed by atoms with Crippen molar-refractivity contribution in [2.24, 2.45) is 0 Å². The van der Waals surface area contributed by atoms with Crippen LogP contribution in [0.4, 0.5) is 0 Å². The maximum Gasteiger partial charge on any atom is 0.0414 e. The summed E-state index contributed by atoms with van der Waals surface area (Å²) in [5.41, 5.74) is 2.36. The van der Waals surface area contributed by atoms with Gasteiger partial charge in [0.05, 0.1) is 0 Å². The third-order valence-electron chi connectivity index (χ3n) is 1.49. The summed E-state index contributed by atoms with van der Waals surface area (Å²) in [6.45, 7) is 1.99. The highest BCUT2D eigenvalue weighted by atomic mass is 79.9. The van der Waals surface area contributed by atoms with Crippen LogP contribution in [0.25, 0.3) is 6.08 Å². The summed E-state index contributed by atoms with van der Waals surface area (Å²) in [6, 6.07) is 6.03. The first kappa shape index (κ1) is 9.82. The van der Waals surface area contributed by atoms with E-state index in [0.29, 0.717) is 0 Å². The monoisotopic (exact) mass is 244 g/mol. The van der Waals surface area contributed by atoms with Crippen LogP contribution < -0.4 is 0 Å². The van der Waals surface area contributed by atoms with Crippen LogP contribution in [0.2, 0.25) is 5.02 Å². The van der Waals surface area contributed by atoms with E-state index in [1.165, 1.54) is 5.56 Å². The number of hydrogen-bond acceptors (Lipinski definition) is 0. The Hall–Kier alpha value is -0.270. The topological polar surface area (TPSA) is 0 Å². The van der Waals surface area contributed by atoms with Crippen LogP contribution >= 0.6 is 27.5 Å². The molecule has 2 heteroatoms. The van der Waals surface area contributed by atoms with Crippen LogP contribution in [0.15, 0.2) is 24.3 Å². The van der Waals surface area contributed by atoms with Crippen LogP contribution in [0.3, 0.4) is 0 Å². The zero-order valence-corrected chi connectivity index (χ0v) is 9.19. The lowest BCUT2D eigenvalue weighted by atomic mass is 10.1. The van der Waals surface area contributed by atoms with Crippen molar-refractivity contribution in [1.82, 2.24) is 0 Å². The molecule has 1 aromatic carbocycles. The van der Waals surface area contributed by atoms with E-state index in [0.717, 1.165) is 15.9 Å². The third kappa shape index (κ3) is 2.65. The molecule has 0 aliphatic carbocycles. The highest BCUT2D eigenvalue weighted by Crippen LogP contribution is 2.18. The largest absolute Gasteiger partial charge is 0.0876 e. The summed E-state index contributed by atoms with van der Waals surface area (Å²) in [6.07, 6.45) is 4.04. The molecule has 0 radical (unpaired) electrons. The van der Waals surface area contributed by atoms with E-state index >= 15 is 0 Å². The van der Waals surface area contributed by atoms with E-state index in [-0.39, 0.29) is 0 Å². The zero-order chi connectivity index (χ0) is 8.97. The lowest BCUT2D eigenvalue weighted by Gasteiger charge is -1.99. The molecule has 0 saturated heterocycles. The van der Waals surface area contributed by atoms with Crippen molar-refractivity contribution < 1.29 is 0 Å². The molecule has 0 aliphatic heterocycles. The predicted molar refractivity (Wildman–Crippen MR) is 58.8 cm³/mol. The van der Waals surface area contributed by atoms with Gasteiger partial charge in [-0.15, -0.1) is 0 Å². The van der Waals surface area contributed by atoms with E-state index in [1.54, 1.807) is 0 Å². The lowest BCUT2D eigenvalue weighted by Crippen LogP contribution is -1.79. The quantitative estimate of drug-likeness (QED) is 0.683. The Morgan fingerprint density at radius 1 is 1.42 bits per heavy atom. The second-order valence-electron chi connectivity index (χ2n) is 2.53. The molecular weight excluding hydrogens is 235 g/mol. The van der Waals surface area contributed by atoms with E-state index in [2.05, 4.69) is 22.0 Å². The number of alkyl halides is 1. The van der Waals surface area contributed by atoms with Gasteiger partial charge in [-0.1, -0.05) is 45.7 Å². The van der Waals surface area contributed by atoms with Crippen molar-refractivity contribution in [2.45, 2.75) is 12.3 Å². The number of allylic oxidation sites excluding steroid dienone is 1. The van der Waals surface area contributed by atoms with Crippen molar-refractivity contribution in [3.63, 3.8) is 0 Å². The molecule has 0 heterocycles. The van der Waals surface area contributed by atoms with Gasteiger partial charge in [-0.3, -0.25) is 0 Å². The molecule has 0 fully saturated rings. The molecule has 0 saturated carbocycles. The Bertz CT molecular complexity index is 292. The molecular formula is C10H10BrCl. The van der Waals surface area contributed by atoms with Crippen molar-refractivity contribution >= 4 is 33.6 Å². The second kappa shape index (κ2) is 4.68. The third-order valence-corrected chi connectivity index (χ3v) is 2.36. The molecule has 0 nitrogen and oxygen atoms in total. The molecule has 0 aliphatic rings. The lowest BCUT2D eigenvalue weighted by molar-refractivity contribution is 1.42. The predicted octanol–water partition coefficient (Wildman–Crippen LogP) is 4.27. The Morgan fingerprint density at radius 3 is 2.75 bits per heavy atom. The van der Waals surface area contributed by atoms with Gasteiger partial charge in [-0.25, -0.2) is 0 Å². The summed E-state index contributed by atoms with van der Waals surface area (Å²) in [5.74, 6) is 0. The van der Waals surface area contributed by atoms with Gasteiger partial charge < -0.3 is 0 Å². The minimum atomic E-state index is 0.792. The van der Waals surface area contributed by atoms with Gasteiger partial charge in [0.2, 0.25) is 0 Å². The Morgan fingerprint density at radius 2 is 2.17 bits per heavy atom. The van der Waals surface area contributed by atoms with Crippen LogP contribution in [0.1, 0.15) is 18.1 Å². The Labute approximate surface area is 86.4 Å². The number of rotatable bonds is 2. The van der Waals surface area contributed by atoms with Gasteiger partial charge >= 0.3 is 0 Å². The zero-order valence-electron chi connectivity index (χ0n) is 6.85. The molecule has 0 N–H and O–H groups in total. The molecule has 0 bridgehead atoms. The van der Waals surface area contributed by atoms with Gasteiger partial charge in [-0.2, -0.15) is 0 Å². The molecule has 0 amide bonds. The number of halogens is 2. The van der Waals surface area contributed by atoms with Crippen molar-refractivity contribution in [2.75, 3.05) is 0 Å². The highest BCUT2D eigenvalue weighted by Gasteiger charge is 1.95. The Kier molecular flexibility index (Phi) is 3.83. The molecule has 1 aromatic rings. The summed E-state index contributed by atoms with van der Waals surface area (Å²) < 4.78 is 0. The molecule has 0 aromatic heterocycles. The summed E-state index contributed by atoms with van der Waals surface area (Å²) in [4.78, 5) is 0. The normalized spacial score (nSPS) is 10.9. The molecule has 0 unspecified atom stereocenters. The van der Waals surface area contributed by atoms with E-state index < -0.39 is 0 Å². The van der Waals surface area contributed by atoms with Gasteiger partial charge in [0.25, 0.3) is 0 Å². The smallest absolute Gasteiger partial charge is 0.0414 e. The molecule has 12 heavy (non-hydrogen) atoms. The minimum absolute atomic E-state index is 0.792. The fourth-order valence-corrected chi connectivity index (χ4v) is 1.63. The first-order valence-electron chi connectivity index (χ1n) is 3.74. The van der Waals surface area contributed by atoms with Crippen LogP contribution in [0.5, 0.6) is 0 Å². The van der Waals surface area contributed by atoms with Crippen LogP contribution in [-0.4, -0.2) is 0 Å². The average molecular weight is 246 g/mol. The van der Waals surface area contributed by atoms with Gasteiger partial charge in [0.15, 0.2) is 0 Å². The highest BCUT2D eigenvalue weighted by molar-refractivity contribution is 9.08. The summed E-state index contributed by atoms with van der Waals surface area (Å²) in [7, 11) is 0. The average Bonchev–Trinajstić information content (AvgIpc) is 2.04. The van der Waals surface area contributed by atoms with E-state index in [1.807, 2.05) is 31.2 Å². The molecule has 0 atom stereocenters. The maximum absolute atomic E-state index is 5.91. The fourth-order valence-electron chi connectivity index (χ4n) is 1.04. The Balaban J connectivity index is 3.06. The van der Waals surface area contributed by atoms with Crippen molar-refractivity contribution in [3.8, 4) is 0 Å². The van der Waals surface area contributed by atoms with Gasteiger partial charge in [0.1, 0.15) is 0 Å². The number of benzene rings is 1. The summed E-state index contributed by atoms with van der Waals surface area (Å²) in [5, 5.41) is 1.64. The first-order valence-corrected chi connectivity index (χ1v) is 5.24. The second-order valence-corrected chi connectivity index (χ2v) is 3.52. The molecule has 0 spiro atoms. The number of hydrogen-bond donors (Lipinski definition) is 0. The van der Waals surface area contributed by atoms with Gasteiger partial charge in [-0.05, 0) is 30.2 Å². The SMILES string of the molecule is CC=Cc1cc(Cl)cc(CBr)c1. The molecule has 64 valence electrons. The fraction of sp³-hybridized carbons (Fsp3) is 0.200. The molecule has 1 rings (SSSR count). The standard InChI is InChI=1S/C10H10BrCl/c1-2-3-8-4-9(7-11)6-10(12)5-8/h2-6H,7H2,1H3.